The molecule has 19 heavy (non-hydrogen) atoms. The second-order valence-corrected chi connectivity index (χ2v) is 9.06. The van der Waals surface area contributed by atoms with Gasteiger partial charge in [-0.3, -0.25) is 0 Å². The highest BCUT2D eigenvalue weighted by Gasteiger charge is 2.58. The molecule has 3 atom stereocenters. The van der Waals surface area contributed by atoms with Crippen LogP contribution in [0.25, 0.3) is 0 Å². The van der Waals surface area contributed by atoms with E-state index < -0.39 is 0 Å². The van der Waals surface area contributed by atoms with E-state index in [1.165, 1.54) is 24.1 Å². The minimum atomic E-state index is 0.458. The number of nitrogens with one attached hydrogen (secondary N) is 1. The van der Waals surface area contributed by atoms with Gasteiger partial charge in [0.25, 0.3) is 0 Å². The summed E-state index contributed by atoms with van der Waals surface area (Å²) in [6.07, 6.45) is 5.36. The summed E-state index contributed by atoms with van der Waals surface area (Å²) < 4.78 is 0.905. The second-order valence-electron chi connectivity index (χ2n) is 7.26. The number of hydrogen-bond donors (Lipinski definition) is 1. The average molecular weight is 298 g/mol. The van der Waals surface area contributed by atoms with Gasteiger partial charge >= 0.3 is 0 Å². The number of rotatable bonds is 4. The van der Waals surface area contributed by atoms with E-state index >= 15 is 0 Å². The van der Waals surface area contributed by atoms with Crippen LogP contribution in [-0.2, 0) is 6.42 Å². The van der Waals surface area contributed by atoms with Gasteiger partial charge in [-0.2, -0.15) is 0 Å². The van der Waals surface area contributed by atoms with Crippen molar-refractivity contribution in [2.45, 2.75) is 52.5 Å². The third-order valence-corrected chi connectivity index (χ3v) is 6.91. The van der Waals surface area contributed by atoms with Crippen molar-refractivity contribution in [3.05, 3.63) is 21.3 Å². The fraction of sp³-hybridized carbons (Fsp3) is 0.750. The van der Waals surface area contributed by atoms with E-state index in [1.54, 1.807) is 11.3 Å². The quantitative estimate of drug-likeness (QED) is 0.846. The molecule has 0 radical (unpaired) electrons. The number of halogens is 1. The van der Waals surface area contributed by atoms with Crippen molar-refractivity contribution in [3.8, 4) is 0 Å². The maximum atomic E-state index is 5.98. The normalized spacial score (nSPS) is 36.0. The van der Waals surface area contributed by atoms with Gasteiger partial charge in [0, 0.05) is 17.5 Å². The second kappa shape index (κ2) is 4.75. The zero-order chi connectivity index (χ0) is 13.7. The molecule has 1 unspecified atom stereocenters. The van der Waals surface area contributed by atoms with Gasteiger partial charge in [0.05, 0.1) is 4.34 Å². The van der Waals surface area contributed by atoms with Gasteiger partial charge < -0.3 is 5.32 Å². The van der Waals surface area contributed by atoms with Gasteiger partial charge in [-0.25, -0.2) is 0 Å². The summed E-state index contributed by atoms with van der Waals surface area (Å²) in [5.74, 6) is 0.922. The molecular weight excluding hydrogens is 274 g/mol. The Bertz CT molecular complexity index is 462. The van der Waals surface area contributed by atoms with Gasteiger partial charge in [-0.15, -0.1) is 11.3 Å². The van der Waals surface area contributed by atoms with Crippen LogP contribution in [0.1, 0.15) is 44.9 Å². The summed E-state index contributed by atoms with van der Waals surface area (Å²) in [7, 11) is 0. The predicted octanol–water partition coefficient (Wildman–Crippen LogP) is 4.75. The Morgan fingerprint density at radius 3 is 2.74 bits per heavy atom. The fourth-order valence-corrected chi connectivity index (χ4v) is 5.72. The summed E-state index contributed by atoms with van der Waals surface area (Å²) in [5, 5.41) is 3.87. The van der Waals surface area contributed by atoms with Gasteiger partial charge in [0.1, 0.15) is 0 Å². The molecule has 3 heteroatoms. The highest BCUT2D eigenvalue weighted by Crippen LogP contribution is 2.62. The monoisotopic (exact) mass is 297 g/mol. The lowest BCUT2D eigenvalue weighted by Crippen LogP contribution is -2.50. The Morgan fingerprint density at radius 2 is 2.16 bits per heavy atom. The van der Waals surface area contributed by atoms with Crippen molar-refractivity contribution in [2.75, 3.05) is 6.54 Å². The molecule has 1 aromatic heterocycles. The highest BCUT2D eigenvalue weighted by atomic mass is 35.5. The van der Waals surface area contributed by atoms with Crippen LogP contribution in [-0.4, -0.2) is 12.6 Å². The maximum Gasteiger partial charge on any atom is 0.0931 e. The van der Waals surface area contributed by atoms with Crippen molar-refractivity contribution in [1.29, 1.82) is 0 Å². The lowest BCUT2D eigenvalue weighted by atomic mass is 9.68. The fourth-order valence-electron chi connectivity index (χ4n) is 4.64. The largest absolute Gasteiger partial charge is 0.313 e. The third kappa shape index (κ3) is 2.36. The van der Waals surface area contributed by atoms with E-state index in [1.807, 2.05) is 6.07 Å². The average Bonchev–Trinajstić information content (AvgIpc) is 2.95. The summed E-state index contributed by atoms with van der Waals surface area (Å²) in [6.45, 7) is 8.48. The van der Waals surface area contributed by atoms with Crippen molar-refractivity contribution in [3.63, 3.8) is 0 Å². The molecule has 1 nitrogen and oxygen atoms in total. The molecule has 2 saturated carbocycles. The van der Waals surface area contributed by atoms with Crippen molar-refractivity contribution >= 4 is 22.9 Å². The molecule has 3 rings (SSSR count). The Balaban J connectivity index is 1.60. The first-order valence-electron chi connectivity index (χ1n) is 7.39. The van der Waals surface area contributed by atoms with Gasteiger partial charge in [-0.1, -0.05) is 32.4 Å². The molecule has 0 aromatic carbocycles. The first-order valence-corrected chi connectivity index (χ1v) is 8.59. The molecule has 1 N–H and O–H groups in total. The summed E-state index contributed by atoms with van der Waals surface area (Å²) >= 11 is 7.69. The van der Waals surface area contributed by atoms with Crippen LogP contribution in [0.2, 0.25) is 4.34 Å². The molecule has 0 saturated heterocycles. The molecule has 0 spiro atoms. The predicted molar refractivity (Wildman–Crippen MR) is 84.1 cm³/mol. The van der Waals surface area contributed by atoms with E-state index in [-0.39, 0.29) is 0 Å². The smallest absolute Gasteiger partial charge is 0.0931 e. The standard InChI is InChI=1S/C16H24ClNS/c1-15(2)11-6-8-16(3,10-11)14(15)18-9-7-12-4-5-13(17)19-12/h4-5,11,14,18H,6-10H2,1-3H3/t11-,14?,16+/m0/s1. The van der Waals surface area contributed by atoms with Crippen molar-refractivity contribution < 1.29 is 0 Å². The zero-order valence-electron chi connectivity index (χ0n) is 12.1. The summed E-state index contributed by atoms with van der Waals surface area (Å²) in [4.78, 5) is 1.39. The van der Waals surface area contributed by atoms with E-state index in [2.05, 4.69) is 32.2 Å². The molecule has 2 aliphatic rings. The SMILES string of the molecule is CC1(C)C(NCCc2ccc(Cl)s2)[C@]2(C)CC[C@H]1C2. The molecular formula is C16H24ClNS. The highest BCUT2D eigenvalue weighted by molar-refractivity contribution is 7.16. The Kier molecular flexibility index (Phi) is 3.48. The van der Waals surface area contributed by atoms with Crippen LogP contribution < -0.4 is 5.32 Å². The molecule has 0 aliphatic heterocycles. The van der Waals surface area contributed by atoms with Gasteiger partial charge in [0.15, 0.2) is 0 Å². The first kappa shape index (κ1) is 13.9. The Morgan fingerprint density at radius 1 is 1.37 bits per heavy atom. The van der Waals surface area contributed by atoms with Gasteiger partial charge in [-0.05, 0) is 54.6 Å². The first-order chi connectivity index (χ1) is 8.92. The van der Waals surface area contributed by atoms with Crippen molar-refractivity contribution in [2.24, 2.45) is 16.7 Å². The molecule has 2 fully saturated rings. The van der Waals surface area contributed by atoms with Crippen molar-refractivity contribution in [1.82, 2.24) is 5.32 Å². The van der Waals surface area contributed by atoms with Crippen LogP contribution in [0.4, 0.5) is 0 Å². The summed E-state index contributed by atoms with van der Waals surface area (Å²) in [5.41, 5.74) is 0.987. The molecule has 2 aliphatic carbocycles. The van der Waals surface area contributed by atoms with Crippen LogP contribution >= 0.6 is 22.9 Å². The van der Waals surface area contributed by atoms with Crippen LogP contribution in [0.3, 0.4) is 0 Å². The van der Waals surface area contributed by atoms with Crippen LogP contribution in [0, 0.1) is 16.7 Å². The lowest BCUT2D eigenvalue weighted by Gasteiger charge is -2.43. The van der Waals surface area contributed by atoms with Crippen LogP contribution in [0.5, 0.6) is 0 Å². The lowest BCUT2D eigenvalue weighted by molar-refractivity contribution is 0.110. The third-order valence-electron chi connectivity index (χ3n) is 5.62. The van der Waals surface area contributed by atoms with E-state index in [4.69, 9.17) is 11.6 Å². The molecule has 1 heterocycles. The van der Waals surface area contributed by atoms with E-state index in [0.29, 0.717) is 16.9 Å². The molecule has 1 aromatic rings. The maximum absolute atomic E-state index is 5.98. The topological polar surface area (TPSA) is 12.0 Å². The summed E-state index contributed by atoms with van der Waals surface area (Å²) in [6, 6.07) is 4.83. The Labute approximate surface area is 125 Å². The van der Waals surface area contributed by atoms with Gasteiger partial charge in [0.2, 0.25) is 0 Å². The molecule has 0 amide bonds. The van der Waals surface area contributed by atoms with E-state index in [9.17, 15) is 0 Å². The van der Waals surface area contributed by atoms with Crippen LogP contribution in [0.15, 0.2) is 12.1 Å². The minimum Gasteiger partial charge on any atom is -0.313 e. The number of fused-ring (bicyclic) bond motifs is 2. The molecule has 2 bridgehead atoms. The Hall–Kier alpha value is -0.0500. The van der Waals surface area contributed by atoms with E-state index in [0.717, 1.165) is 23.2 Å². The number of thiophene rings is 1. The minimum absolute atomic E-state index is 0.458. The number of hydrogen-bond acceptors (Lipinski definition) is 2. The zero-order valence-corrected chi connectivity index (χ0v) is 13.7. The molecule has 106 valence electrons.